The maximum absolute atomic E-state index is 2.46. The van der Waals surface area contributed by atoms with Crippen molar-refractivity contribution in [3.05, 3.63) is 483 Å². The molecule has 0 atom stereocenters. The summed E-state index contributed by atoms with van der Waals surface area (Å²) in [5.74, 6) is 0. The van der Waals surface area contributed by atoms with Gasteiger partial charge in [0.2, 0.25) is 0 Å². The Kier molecular flexibility index (Phi) is 17.3. The molecule has 2 aliphatic carbocycles. The summed E-state index contributed by atoms with van der Waals surface area (Å²) >= 11 is 0. The lowest BCUT2D eigenvalue weighted by atomic mass is 9.82. The summed E-state index contributed by atoms with van der Waals surface area (Å²) in [6, 6.07) is 172. The fourth-order valence-electron chi connectivity index (χ4n) is 22.3. The maximum atomic E-state index is 2.46. The Hall–Kier alpha value is -16.8. The Balaban J connectivity index is 0.526. The highest BCUT2D eigenvalue weighted by Gasteiger charge is 2.39. The van der Waals surface area contributed by atoms with Crippen LogP contribution in [-0.4, -0.2) is 18.3 Å². The second-order valence-electron chi connectivity index (χ2n) is 36.8. The van der Waals surface area contributed by atoms with Gasteiger partial charge >= 0.3 is 0 Å². The van der Waals surface area contributed by atoms with Crippen molar-refractivity contribution in [3.8, 4) is 101 Å². The molecule has 0 amide bonds. The van der Waals surface area contributed by atoms with E-state index in [0.717, 1.165) is 90.0 Å². The van der Waals surface area contributed by atoms with Gasteiger partial charge in [0.1, 0.15) is 0 Å². The molecule has 6 nitrogen and oxygen atoms in total. The fourth-order valence-corrected chi connectivity index (χ4v) is 22.3. The van der Waals surface area contributed by atoms with Crippen LogP contribution in [0.4, 0.5) is 34.1 Å². The lowest BCUT2D eigenvalue weighted by molar-refractivity contribution is 0.660. The highest BCUT2D eigenvalue weighted by Crippen LogP contribution is 2.55. The molecule has 0 saturated heterocycles. The van der Waals surface area contributed by atoms with E-state index in [1.165, 1.54) is 154 Å². The van der Waals surface area contributed by atoms with Crippen molar-refractivity contribution >= 4 is 121 Å². The lowest BCUT2D eigenvalue weighted by Gasteiger charge is -2.28. The van der Waals surface area contributed by atoms with E-state index in [-0.39, 0.29) is 10.8 Å². The van der Waals surface area contributed by atoms with Gasteiger partial charge in [0, 0.05) is 111 Å². The van der Waals surface area contributed by atoms with Crippen LogP contribution >= 0.6 is 0 Å². The van der Waals surface area contributed by atoms with Crippen molar-refractivity contribution in [2.75, 3.05) is 9.80 Å². The minimum absolute atomic E-state index is 0.308. The van der Waals surface area contributed by atoms with Crippen LogP contribution in [0, 0.1) is 0 Å². The highest BCUT2D eigenvalue weighted by atomic mass is 15.1. The molecule has 0 bridgehead atoms. The van der Waals surface area contributed by atoms with Crippen LogP contribution in [0.25, 0.3) is 188 Å². The third-order valence-corrected chi connectivity index (χ3v) is 28.7. The number of fused-ring (bicyclic) bond motifs is 18. The summed E-state index contributed by atoms with van der Waals surface area (Å²) in [5, 5.41) is 9.99. The molecule has 6 heteroatoms. The number of benzene rings is 20. The van der Waals surface area contributed by atoms with Crippen molar-refractivity contribution in [2.45, 2.75) is 38.5 Å². The lowest BCUT2D eigenvalue weighted by Crippen LogP contribution is -2.17. The molecule has 4 aromatic heterocycles. The molecule has 26 rings (SSSR count). The largest absolute Gasteiger partial charge is 0.310 e. The monoisotopic (exact) mass is 1680 g/mol. The van der Waals surface area contributed by atoms with E-state index in [1.54, 1.807) is 0 Å². The molecule has 0 saturated carbocycles. The van der Waals surface area contributed by atoms with Crippen LogP contribution in [0.3, 0.4) is 0 Å². The second kappa shape index (κ2) is 29.9. The number of rotatable bonds is 15. The van der Waals surface area contributed by atoms with Gasteiger partial charge < -0.3 is 28.1 Å². The van der Waals surface area contributed by atoms with Gasteiger partial charge in [-0.3, -0.25) is 0 Å². The van der Waals surface area contributed by atoms with E-state index in [1.807, 2.05) is 0 Å². The standard InChI is InChI=1S/C126H88N6/c1-125(2)113-77-97(63-67-101(113)103-69-65-99(79-115(103)125)131-117-39-17-11-33-105(117)106-34-12-18-40-118(106)131)127(95-59-49-83(50-60-95)89-53-71-123-111(75-89)109-37-15-21-43-121(109)129(123)91-29-7-5-8-30-91)93-55-45-81(46-56-93)85-25-23-27-87(73-85)88-28-24-26-86(74-88)82-47-57-94(58-48-82)128(96-61-51-84(52-62-96)90-54-72-124-112(76-90)110-38-16-22-44-122(110)130(124)92-31-9-6-10-32-92)98-64-68-102-104-70-66-100(80-116(104)126(3,4)114(102)78-98)132-119-41-19-13-35-107(119)108-36-14-20-42-120(108)132/h5-80H,1-4H3. The molecule has 622 valence electrons. The summed E-state index contributed by atoms with van der Waals surface area (Å²) < 4.78 is 9.66. The van der Waals surface area contributed by atoms with E-state index in [0.29, 0.717) is 0 Å². The Morgan fingerprint density at radius 2 is 0.379 bits per heavy atom. The summed E-state index contributed by atoms with van der Waals surface area (Å²) in [4.78, 5) is 4.89. The molecule has 0 radical (unpaired) electrons. The molecule has 0 fully saturated rings. The van der Waals surface area contributed by atoms with Crippen LogP contribution in [-0.2, 0) is 10.8 Å². The van der Waals surface area contributed by atoms with Crippen molar-refractivity contribution in [2.24, 2.45) is 0 Å². The molecule has 24 aromatic rings. The van der Waals surface area contributed by atoms with Crippen molar-refractivity contribution < 1.29 is 0 Å². The molecule has 0 aliphatic heterocycles. The van der Waals surface area contributed by atoms with Gasteiger partial charge in [0.05, 0.1) is 44.1 Å². The number of hydrogen-bond acceptors (Lipinski definition) is 2. The van der Waals surface area contributed by atoms with E-state index in [2.05, 4.69) is 517 Å². The fraction of sp³-hybridized carbons (Fsp3) is 0.0476. The van der Waals surface area contributed by atoms with Crippen LogP contribution in [0.1, 0.15) is 49.9 Å². The molecule has 2 aliphatic rings. The third-order valence-electron chi connectivity index (χ3n) is 28.7. The van der Waals surface area contributed by atoms with Gasteiger partial charge in [0.25, 0.3) is 0 Å². The quantitative estimate of drug-likeness (QED) is 0.102. The molecular weight excluding hydrogens is 1600 g/mol. The van der Waals surface area contributed by atoms with E-state index >= 15 is 0 Å². The first-order valence-corrected chi connectivity index (χ1v) is 45.9. The zero-order valence-corrected chi connectivity index (χ0v) is 73.6. The Labute approximate surface area is 766 Å². The summed E-state index contributed by atoms with van der Waals surface area (Å²) in [6.45, 7) is 9.62. The van der Waals surface area contributed by atoms with E-state index < -0.39 is 0 Å². The van der Waals surface area contributed by atoms with Gasteiger partial charge in [-0.15, -0.1) is 0 Å². The van der Waals surface area contributed by atoms with Crippen LogP contribution in [0.2, 0.25) is 0 Å². The molecule has 4 heterocycles. The summed E-state index contributed by atoms with van der Waals surface area (Å²) in [6.07, 6.45) is 0. The zero-order chi connectivity index (χ0) is 87.6. The molecule has 20 aromatic carbocycles. The minimum Gasteiger partial charge on any atom is -0.310 e. The number of nitrogens with zero attached hydrogens (tertiary/aromatic N) is 6. The van der Waals surface area contributed by atoms with Gasteiger partial charge in [-0.05, 0) is 294 Å². The van der Waals surface area contributed by atoms with E-state index in [4.69, 9.17) is 0 Å². The first-order chi connectivity index (χ1) is 64.9. The Morgan fingerprint density at radius 1 is 0.152 bits per heavy atom. The SMILES string of the molecule is CC1(C)c2cc(N(c3ccc(-c4cccc(-c5cccc(-c6ccc(N(c7ccc(-c8ccc9c(c8)c8ccccc8n9-c8ccccc8)cc7)c7ccc8c(c7)C(C)(C)c7cc(-n9c%10ccccc%10c%10ccccc%109)ccc7-8)cc6)c5)c4)cc3)c3ccc(-c4ccc5c(c4)c4ccccc4n5-c4ccccc4)cc3)ccc2-c2ccc(-n3c4ccccc4c4ccccc43)cc21. The second-order valence-corrected chi connectivity index (χ2v) is 36.8. The van der Waals surface area contributed by atoms with Crippen molar-refractivity contribution in [1.29, 1.82) is 0 Å². The molecule has 132 heavy (non-hydrogen) atoms. The number of para-hydroxylation sites is 8. The number of anilines is 6. The normalized spacial score (nSPS) is 13.0. The van der Waals surface area contributed by atoms with Crippen molar-refractivity contribution in [1.82, 2.24) is 18.3 Å². The van der Waals surface area contributed by atoms with Crippen molar-refractivity contribution in [3.63, 3.8) is 0 Å². The van der Waals surface area contributed by atoms with Gasteiger partial charge in [0.15, 0.2) is 0 Å². The first-order valence-electron chi connectivity index (χ1n) is 45.9. The smallest absolute Gasteiger partial charge is 0.0541 e. The Bertz CT molecular complexity index is 8180. The van der Waals surface area contributed by atoms with Gasteiger partial charge in [-0.25, -0.2) is 0 Å². The molecule has 0 N–H and O–H groups in total. The number of hydrogen-bond donors (Lipinski definition) is 0. The van der Waals surface area contributed by atoms with Gasteiger partial charge in [-0.2, -0.15) is 0 Å². The molecule has 0 unspecified atom stereocenters. The average Bonchev–Trinajstić information content (AvgIpc) is 1.56. The molecule has 0 spiro atoms. The number of aromatic nitrogens is 4. The highest BCUT2D eigenvalue weighted by molar-refractivity contribution is 6.14. The Morgan fingerprint density at radius 3 is 0.689 bits per heavy atom. The molecular formula is C126H88N6. The topological polar surface area (TPSA) is 26.2 Å². The van der Waals surface area contributed by atoms with Crippen LogP contribution in [0.5, 0.6) is 0 Å². The van der Waals surface area contributed by atoms with E-state index in [9.17, 15) is 0 Å². The third kappa shape index (κ3) is 12.1. The summed E-state index contributed by atoms with van der Waals surface area (Å²) in [7, 11) is 0. The maximum Gasteiger partial charge on any atom is 0.0541 e. The van der Waals surface area contributed by atoms with Gasteiger partial charge in [-0.1, -0.05) is 295 Å². The predicted octanol–water partition coefficient (Wildman–Crippen LogP) is 34.0. The van der Waals surface area contributed by atoms with Crippen LogP contribution in [0.15, 0.2) is 461 Å². The predicted molar refractivity (Wildman–Crippen MR) is 555 cm³/mol. The first kappa shape index (κ1) is 76.4. The zero-order valence-electron chi connectivity index (χ0n) is 73.6. The minimum atomic E-state index is -0.308. The average molecular weight is 1690 g/mol. The summed E-state index contributed by atoms with van der Waals surface area (Å²) in [5.41, 5.74) is 42.1. The van der Waals surface area contributed by atoms with Crippen LogP contribution < -0.4 is 9.80 Å².